The van der Waals surface area contributed by atoms with Crippen molar-refractivity contribution in [3.05, 3.63) is 19.9 Å². The number of thiocarbonyl (C=S) groups is 1. The number of halogens is 1. The topological polar surface area (TPSA) is 55.1 Å². The molecule has 0 bridgehead atoms. The second-order valence-corrected chi connectivity index (χ2v) is 6.83. The van der Waals surface area contributed by atoms with Crippen molar-refractivity contribution >= 4 is 57.0 Å². The molecule has 0 aliphatic heterocycles. The highest BCUT2D eigenvalue weighted by molar-refractivity contribution is 14.1. The summed E-state index contributed by atoms with van der Waals surface area (Å²) in [4.78, 5) is 12.0. The summed E-state index contributed by atoms with van der Waals surface area (Å²) in [5.74, 6) is -0.146. The Hall–Kier alpha value is -0.210. The van der Waals surface area contributed by atoms with E-state index in [9.17, 15) is 4.79 Å². The number of thiophene rings is 1. The summed E-state index contributed by atoms with van der Waals surface area (Å²) < 4.78 is 1.07. The van der Waals surface area contributed by atoms with Crippen LogP contribution in [0.25, 0.3) is 0 Å². The lowest BCUT2D eigenvalue weighted by Crippen LogP contribution is -2.52. The van der Waals surface area contributed by atoms with Crippen LogP contribution in [0, 0.1) is 2.88 Å². The highest BCUT2D eigenvalue weighted by atomic mass is 127. The molecule has 0 spiro atoms. The van der Waals surface area contributed by atoms with Crippen molar-refractivity contribution in [3.8, 4) is 0 Å². The molecule has 1 rings (SSSR count). The van der Waals surface area contributed by atoms with Gasteiger partial charge in [-0.05, 0) is 42.5 Å². The first kappa shape index (κ1) is 12.9. The van der Waals surface area contributed by atoms with Crippen molar-refractivity contribution in [3.63, 3.8) is 0 Å². The molecule has 0 aliphatic carbocycles. The monoisotopic (exact) mass is 354 g/mol. The molecule has 0 unspecified atom stereocenters. The first-order valence-electron chi connectivity index (χ1n) is 4.19. The molecule has 1 aromatic rings. The lowest BCUT2D eigenvalue weighted by molar-refractivity contribution is 0.0932. The second kappa shape index (κ2) is 4.75. The van der Waals surface area contributed by atoms with Gasteiger partial charge in [0.05, 0.1) is 19.0 Å². The third-order valence-corrected chi connectivity index (χ3v) is 4.17. The number of rotatable bonds is 3. The number of nitrogens with one attached hydrogen (secondary N) is 1. The van der Waals surface area contributed by atoms with Gasteiger partial charge in [0.2, 0.25) is 0 Å². The number of carbonyl (C=O) groups excluding carboxylic acids is 1. The fraction of sp³-hybridized carbons (Fsp3) is 0.333. The Labute approximate surface area is 112 Å². The molecule has 0 atom stereocenters. The summed E-state index contributed by atoms with van der Waals surface area (Å²) in [6, 6.07) is 1.83. The Morgan fingerprint density at radius 1 is 1.67 bits per heavy atom. The SMILES string of the molecule is CC(C)(NC(=O)c1csc(I)c1)C(N)=S. The van der Waals surface area contributed by atoms with E-state index in [1.54, 1.807) is 13.8 Å². The molecule has 3 N–H and O–H groups in total. The van der Waals surface area contributed by atoms with Crippen molar-refractivity contribution in [1.82, 2.24) is 5.32 Å². The third kappa shape index (κ3) is 3.39. The van der Waals surface area contributed by atoms with Crippen LogP contribution in [0.5, 0.6) is 0 Å². The van der Waals surface area contributed by atoms with Crippen molar-refractivity contribution in [1.29, 1.82) is 0 Å². The van der Waals surface area contributed by atoms with E-state index in [1.165, 1.54) is 11.3 Å². The summed E-state index contributed by atoms with van der Waals surface area (Å²) in [5.41, 5.74) is 5.51. The maximum atomic E-state index is 11.8. The van der Waals surface area contributed by atoms with Gasteiger partial charge in [0, 0.05) is 5.38 Å². The van der Waals surface area contributed by atoms with Gasteiger partial charge in [-0.15, -0.1) is 11.3 Å². The molecule has 0 aliphatic rings. The first-order chi connectivity index (χ1) is 6.83. The van der Waals surface area contributed by atoms with E-state index in [0.717, 1.165) is 2.88 Å². The number of amides is 1. The summed E-state index contributed by atoms with van der Waals surface area (Å²) in [6.45, 7) is 3.56. The number of carbonyl (C=O) groups is 1. The van der Waals surface area contributed by atoms with E-state index in [4.69, 9.17) is 18.0 Å². The zero-order chi connectivity index (χ0) is 11.6. The van der Waals surface area contributed by atoms with E-state index in [0.29, 0.717) is 5.56 Å². The molecule has 0 saturated heterocycles. The number of nitrogens with two attached hydrogens (primary N) is 1. The maximum Gasteiger partial charge on any atom is 0.252 e. The van der Waals surface area contributed by atoms with E-state index < -0.39 is 5.54 Å². The summed E-state index contributed by atoms with van der Waals surface area (Å²) in [5, 5.41) is 4.60. The Morgan fingerprint density at radius 2 is 2.27 bits per heavy atom. The summed E-state index contributed by atoms with van der Waals surface area (Å²) >= 11 is 8.57. The van der Waals surface area contributed by atoms with Crippen LogP contribution < -0.4 is 11.1 Å². The van der Waals surface area contributed by atoms with Crippen LogP contribution in [0.1, 0.15) is 24.2 Å². The predicted octanol–water partition coefficient (Wildman–Crippen LogP) is 2.15. The van der Waals surface area contributed by atoms with Gasteiger partial charge in [-0.3, -0.25) is 4.79 Å². The van der Waals surface area contributed by atoms with Gasteiger partial charge in [0.25, 0.3) is 5.91 Å². The van der Waals surface area contributed by atoms with Crippen LogP contribution >= 0.6 is 46.1 Å². The number of hydrogen-bond acceptors (Lipinski definition) is 3. The molecule has 3 nitrogen and oxygen atoms in total. The minimum Gasteiger partial charge on any atom is -0.391 e. The second-order valence-electron chi connectivity index (χ2n) is 3.58. The van der Waals surface area contributed by atoms with Gasteiger partial charge >= 0.3 is 0 Å². The van der Waals surface area contributed by atoms with Gasteiger partial charge in [0.1, 0.15) is 0 Å². The van der Waals surface area contributed by atoms with Crippen molar-refractivity contribution in [2.24, 2.45) is 5.73 Å². The van der Waals surface area contributed by atoms with Gasteiger partial charge in [-0.25, -0.2) is 0 Å². The van der Waals surface area contributed by atoms with Crippen LogP contribution in [0.2, 0.25) is 0 Å². The average Bonchev–Trinajstić information content (AvgIpc) is 2.50. The van der Waals surface area contributed by atoms with Crippen LogP contribution in [0.3, 0.4) is 0 Å². The van der Waals surface area contributed by atoms with E-state index in [-0.39, 0.29) is 10.9 Å². The largest absolute Gasteiger partial charge is 0.391 e. The van der Waals surface area contributed by atoms with Crippen LogP contribution in [-0.4, -0.2) is 16.4 Å². The fourth-order valence-corrected chi connectivity index (χ4v) is 2.22. The first-order valence-corrected chi connectivity index (χ1v) is 6.56. The molecule has 15 heavy (non-hydrogen) atoms. The summed E-state index contributed by atoms with van der Waals surface area (Å²) in [7, 11) is 0. The van der Waals surface area contributed by atoms with Crippen molar-refractivity contribution < 1.29 is 4.79 Å². The number of hydrogen-bond donors (Lipinski definition) is 2. The fourth-order valence-electron chi connectivity index (χ4n) is 0.847. The smallest absolute Gasteiger partial charge is 0.252 e. The van der Waals surface area contributed by atoms with Crippen LogP contribution in [0.4, 0.5) is 0 Å². The van der Waals surface area contributed by atoms with Gasteiger partial charge in [-0.1, -0.05) is 12.2 Å². The molecule has 0 fully saturated rings. The quantitative estimate of drug-likeness (QED) is 0.646. The minimum atomic E-state index is -0.653. The molecule has 1 heterocycles. The molecule has 0 saturated carbocycles. The Morgan fingerprint density at radius 3 is 2.67 bits per heavy atom. The zero-order valence-electron chi connectivity index (χ0n) is 8.33. The molecular weight excluding hydrogens is 343 g/mol. The van der Waals surface area contributed by atoms with E-state index in [1.807, 2.05) is 11.4 Å². The maximum absolute atomic E-state index is 11.8. The van der Waals surface area contributed by atoms with Gasteiger partial charge in [0.15, 0.2) is 0 Å². The molecule has 0 radical (unpaired) electrons. The predicted molar refractivity (Wildman–Crippen MR) is 75.4 cm³/mol. The average molecular weight is 354 g/mol. The van der Waals surface area contributed by atoms with E-state index >= 15 is 0 Å². The Balaban J connectivity index is 2.76. The van der Waals surface area contributed by atoms with Crippen molar-refractivity contribution in [2.75, 3.05) is 0 Å². The summed E-state index contributed by atoms with van der Waals surface area (Å²) in [6.07, 6.45) is 0. The van der Waals surface area contributed by atoms with E-state index in [2.05, 4.69) is 27.9 Å². The zero-order valence-corrected chi connectivity index (χ0v) is 12.1. The molecule has 1 amide bonds. The molecule has 0 aromatic carbocycles. The lowest BCUT2D eigenvalue weighted by Gasteiger charge is -2.24. The highest BCUT2D eigenvalue weighted by Crippen LogP contribution is 2.17. The normalized spacial score (nSPS) is 11.1. The van der Waals surface area contributed by atoms with Gasteiger partial charge in [-0.2, -0.15) is 0 Å². The third-order valence-electron chi connectivity index (χ3n) is 1.87. The molecular formula is C9H11IN2OS2. The molecule has 1 aromatic heterocycles. The minimum absolute atomic E-state index is 0.146. The molecule has 6 heteroatoms. The van der Waals surface area contributed by atoms with Crippen LogP contribution in [0.15, 0.2) is 11.4 Å². The standard InChI is InChI=1S/C9H11IN2OS2/c1-9(2,8(11)14)12-7(13)5-3-6(10)15-4-5/h3-4H,1-2H3,(H2,11,14)(H,12,13). The molecule has 82 valence electrons. The lowest BCUT2D eigenvalue weighted by atomic mass is 10.1. The highest BCUT2D eigenvalue weighted by Gasteiger charge is 2.24. The Kier molecular flexibility index (Phi) is 4.07. The Bertz CT molecular complexity index is 401. The van der Waals surface area contributed by atoms with Crippen molar-refractivity contribution in [2.45, 2.75) is 19.4 Å². The van der Waals surface area contributed by atoms with Gasteiger partial charge < -0.3 is 11.1 Å². The van der Waals surface area contributed by atoms with Crippen LogP contribution in [-0.2, 0) is 0 Å².